The lowest BCUT2D eigenvalue weighted by atomic mass is 9.98. The fourth-order valence-corrected chi connectivity index (χ4v) is 3.56. The van der Waals surface area contributed by atoms with Crippen LogP contribution in [0.15, 0.2) is 12.4 Å². The second-order valence-corrected chi connectivity index (χ2v) is 6.65. The number of hydrogen-bond donors (Lipinski definition) is 0. The van der Waals surface area contributed by atoms with Crippen LogP contribution in [0, 0.1) is 19.8 Å². The number of ether oxygens (including phenoxy) is 1. The van der Waals surface area contributed by atoms with E-state index >= 15 is 0 Å². The van der Waals surface area contributed by atoms with Crippen LogP contribution in [-0.2, 0) is 23.0 Å². The van der Waals surface area contributed by atoms with Gasteiger partial charge in [0.05, 0.1) is 17.1 Å². The van der Waals surface area contributed by atoms with Crippen LogP contribution in [0.25, 0.3) is 11.3 Å². The van der Waals surface area contributed by atoms with Gasteiger partial charge in [-0.15, -0.1) is 0 Å². The molecule has 1 saturated heterocycles. The standard InChI is InChI=1S/C18H25N5O2/c1-12-17(13(2)22(3)21-12)18-15(19-6-7-20-18)9-14-5-8-23(10-14)16(24)11-25-4/h6-7,14H,5,8-11H2,1-4H3/t14-/m1/s1. The van der Waals surface area contributed by atoms with Crippen molar-refractivity contribution in [1.29, 1.82) is 0 Å². The maximum absolute atomic E-state index is 12.0. The summed E-state index contributed by atoms with van der Waals surface area (Å²) in [4.78, 5) is 23.0. The first-order valence-electron chi connectivity index (χ1n) is 8.58. The topological polar surface area (TPSA) is 73.1 Å². The molecule has 0 aromatic carbocycles. The number of methoxy groups -OCH3 is 1. The molecule has 0 bridgehead atoms. The average Bonchev–Trinajstić information content (AvgIpc) is 3.14. The third kappa shape index (κ3) is 3.56. The molecule has 25 heavy (non-hydrogen) atoms. The third-order valence-electron chi connectivity index (χ3n) is 4.91. The maximum atomic E-state index is 12.0. The van der Waals surface area contributed by atoms with Crippen LogP contribution in [0.2, 0.25) is 0 Å². The second kappa shape index (κ2) is 7.31. The van der Waals surface area contributed by atoms with Crippen molar-refractivity contribution in [2.24, 2.45) is 13.0 Å². The molecule has 2 aromatic rings. The second-order valence-electron chi connectivity index (χ2n) is 6.65. The van der Waals surface area contributed by atoms with Gasteiger partial charge in [-0.25, -0.2) is 0 Å². The van der Waals surface area contributed by atoms with Crippen molar-refractivity contribution in [1.82, 2.24) is 24.6 Å². The van der Waals surface area contributed by atoms with Gasteiger partial charge in [0.25, 0.3) is 0 Å². The van der Waals surface area contributed by atoms with Gasteiger partial charge in [-0.05, 0) is 32.6 Å². The molecule has 7 nitrogen and oxygen atoms in total. The van der Waals surface area contributed by atoms with E-state index in [1.807, 2.05) is 23.6 Å². The van der Waals surface area contributed by atoms with E-state index in [-0.39, 0.29) is 12.5 Å². The zero-order valence-electron chi connectivity index (χ0n) is 15.3. The zero-order chi connectivity index (χ0) is 18.0. The van der Waals surface area contributed by atoms with Crippen molar-refractivity contribution in [2.75, 3.05) is 26.8 Å². The highest BCUT2D eigenvalue weighted by molar-refractivity contribution is 5.77. The van der Waals surface area contributed by atoms with Gasteiger partial charge in [0.15, 0.2) is 0 Å². The van der Waals surface area contributed by atoms with Crippen LogP contribution in [0.1, 0.15) is 23.5 Å². The Balaban J connectivity index is 1.80. The molecule has 1 atom stereocenters. The van der Waals surface area contributed by atoms with E-state index in [1.54, 1.807) is 19.5 Å². The number of likely N-dealkylation sites (tertiary alicyclic amines) is 1. The monoisotopic (exact) mass is 343 g/mol. The van der Waals surface area contributed by atoms with Crippen molar-refractivity contribution in [2.45, 2.75) is 26.7 Å². The van der Waals surface area contributed by atoms with Crippen molar-refractivity contribution < 1.29 is 9.53 Å². The maximum Gasteiger partial charge on any atom is 0.248 e. The summed E-state index contributed by atoms with van der Waals surface area (Å²) in [5.74, 6) is 0.455. The van der Waals surface area contributed by atoms with Gasteiger partial charge in [-0.2, -0.15) is 5.10 Å². The molecule has 3 rings (SSSR count). The minimum atomic E-state index is 0.0586. The molecule has 3 heterocycles. The molecule has 7 heteroatoms. The highest BCUT2D eigenvalue weighted by atomic mass is 16.5. The van der Waals surface area contributed by atoms with E-state index in [0.717, 1.165) is 54.3 Å². The van der Waals surface area contributed by atoms with Crippen LogP contribution in [0.4, 0.5) is 0 Å². The number of amides is 1. The minimum absolute atomic E-state index is 0.0586. The predicted molar refractivity (Wildman–Crippen MR) is 94.0 cm³/mol. The molecular formula is C18H25N5O2. The Morgan fingerprint density at radius 1 is 1.32 bits per heavy atom. The van der Waals surface area contributed by atoms with E-state index in [9.17, 15) is 4.79 Å². The Labute approximate surface area is 148 Å². The molecule has 0 saturated carbocycles. The molecule has 1 aliphatic heterocycles. The van der Waals surface area contributed by atoms with Crippen molar-refractivity contribution in [3.05, 3.63) is 29.5 Å². The van der Waals surface area contributed by atoms with E-state index in [0.29, 0.717) is 5.92 Å². The molecule has 1 aliphatic rings. The lowest BCUT2D eigenvalue weighted by molar-refractivity contribution is -0.134. The molecule has 0 radical (unpaired) electrons. The summed E-state index contributed by atoms with van der Waals surface area (Å²) in [6, 6.07) is 0. The molecule has 0 aliphatic carbocycles. The number of nitrogens with zero attached hydrogens (tertiary/aromatic N) is 5. The first-order chi connectivity index (χ1) is 12.0. The molecule has 1 amide bonds. The molecule has 134 valence electrons. The number of carbonyl (C=O) groups excluding carboxylic acids is 1. The van der Waals surface area contributed by atoms with Crippen LogP contribution >= 0.6 is 0 Å². The molecule has 1 fully saturated rings. The Kier molecular flexibility index (Phi) is 5.13. The summed E-state index contributed by atoms with van der Waals surface area (Å²) in [6.45, 7) is 5.74. The highest BCUT2D eigenvalue weighted by Gasteiger charge is 2.28. The molecule has 2 aromatic heterocycles. The molecule has 0 N–H and O–H groups in total. The van der Waals surface area contributed by atoms with Crippen LogP contribution < -0.4 is 0 Å². The van der Waals surface area contributed by atoms with Gasteiger partial charge in [0.1, 0.15) is 6.61 Å². The van der Waals surface area contributed by atoms with Crippen molar-refractivity contribution in [3.8, 4) is 11.3 Å². The van der Waals surface area contributed by atoms with E-state index in [1.165, 1.54) is 0 Å². The average molecular weight is 343 g/mol. The Morgan fingerprint density at radius 3 is 2.76 bits per heavy atom. The van der Waals surface area contributed by atoms with E-state index in [4.69, 9.17) is 4.74 Å². The molecule has 0 spiro atoms. The largest absolute Gasteiger partial charge is 0.375 e. The van der Waals surface area contributed by atoms with E-state index < -0.39 is 0 Å². The van der Waals surface area contributed by atoms with E-state index in [2.05, 4.69) is 22.0 Å². The summed E-state index contributed by atoms with van der Waals surface area (Å²) in [7, 11) is 3.49. The summed E-state index contributed by atoms with van der Waals surface area (Å²) in [6.07, 6.45) is 5.26. The van der Waals surface area contributed by atoms with Crippen LogP contribution in [0.5, 0.6) is 0 Å². The summed E-state index contributed by atoms with van der Waals surface area (Å²) in [5.41, 5.74) is 5.00. The lowest BCUT2D eigenvalue weighted by Gasteiger charge is -2.16. The number of carbonyl (C=O) groups is 1. The lowest BCUT2D eigenvalue weighted by Crippen LogP contribution is -2.31. The number of hydrogen-bond acceptors (Lipinski definition) is 5. The van der Waals surface area contributed by atoms with Gasteiger partial charge < -0.3 is 9.64 Å². The fourth-order valence-electron chi connectivity index (χ4n) is 3.56. The van der Waals surface area contributed by atoms with Gasteiger partial charge in [-0.1, -0.05) is 0 Å². The van der Waals surface area contributed by atoms with Gasteiger partial charge >= 0.3 is 0 Å². The fraction of sp³-hybridized carbons (Fsp3) is 0.556. The molecular weight excluding hydrogens is 318 g/mol. The Bertz CT molecular complexity index is 771. The first kappa shape index (κ1) is 17.5. The predicted octanol–water partition coefficient (Wildman–Crippen LogP) is 1.53. The highest BCUT2D eigenvalue weighted by Crippen LogP contribution is 2.29. The Hall–Kier alpha value is -2.28. The van der Waals surface area contributed by atoms with Gasteiger partial charge in [-0.3, -0.25) is 19.4 Å². The van der Waals surface area contributed by atoms with Gasteiger partial charge in [0, 0.05) is 50.9 Å². The summed E-state index contributed by atoms with van der Waals surface area (Å²) < 4.78 is 6.83. The van der Waals surface area contributed by atoms with Crippen LogP contribution in [0.3, 0.4) is 0 Å². The smallest absolute Gasteiger partial charge is 0.248 e. The number of rotatable bonds is 5. The number of aromatic nitrogens is 4. The summed E-state index contributed by atoms with van der Waals surface area (Å²) >= 11 is 0. The minimum Gasteiger partial charge on any atom is -0.375 e. The number of aryl methyl sites for hydroxylation is 2. The van der Waals surface area contributed by atoms with Crippen LogP contribution in [-0.4, -0.2) is 57.4 Å². The zero-order valence-corrected chi connectivity index (χ0v) is 15.3. The van der Waals surface area contributed by atoms with Crippen molar-refractivity contribution >= 4 is 5.91 Å². The summed E-state index contributed by atoms with van der Waals surface area (Å²) in [5, 5.41) is 4.50. The SMILES string of the molecule is COCC(=O)N1CC[C@H](Cc2nccnc2-c2c(C)nn(C)c2C)C1. The van der Waals surface area contributed by atoms with Gasteiger partial charge in [0.2, 0.25) is 5.91 Å². The quantitative estimate of drug-likeness (QED) is 0.823. The third-order valence-corrected chi connectivity index (χ3v) is 4.91. The molecule has 0 unspecified atom stereocenters. The first-order valence-corrected chi connectivity index (χ1v) is 8.58. The Morgan fingerprint density at radius 2 is 2.08 bits per heavy atom. The normalized spacial score (nSPS) is 17.3. The van der Waals surface area contributed by atoms with Crippen molar-refractivity contribution in [3.63, 3.8) is 0 Å².